The van der Waals surface area contributed by atoms with E-state index in [-0.39, 0.29) is 4.90 Å². The van der Waals surface area contributed by atoms with E-state index in [2.05, 4.69) is 16.0 Å². The third-order valence-electron chi connectivity index (χ3n) is 5.67. The molecule has 5 nitrogen and oxygen atoms in total. The Morgan fingerprint density at radius 3 is 2.55 bits per heavy atom. The molecule has 1 aliphatic rings. The van der Waals surface area contributed by atoms with Crippen molar-refractivity contribution in [2.45, 2.75) is 42.9 Å². The molecule has 0 N–H and O–H groups in total. The molecule has 3 heterocycles. The van der Waals surface area contributed by atoms with Crippen LogP contribution in [0.15, 0.2) is 65.3 Å². The molecule has 0 radical (unpaired) electrons. The number of thiazole rings is 1. The van der Waals surface area contributed by atoms with E-state index in [0.29, 0.717) is 11.6 Å². The lowest BCUT2D eigenvalue weighted by atomic mass is 9.84. The van der Waals surface area contributed by atoms with Gasteiger partial charge in [0.2, 0.25) is 0 Å². The fourth-order valence-corrected chi connectivity index (χ4v) is 6.18. The fraction of sp³-hybridized carbons (Fsp3) is 0.273. The highest BCUT2D eigenvalue weighted by atomic mass is 32.2. The monoisotopic (exact) mass is 423 g/mol. The van der Waals surface area contributed by atoms with E-state index < -0.39 is 10.0 Å². The normalized spacial score (nSPS) is 15.7. The third-order valence-corrected chi connectivity index (χ3v) is 8.14. The summed E-state index contributed by atoms with van der Waals surface area (Å²) in [5.74, 6) is 0.499. The standard InChI is InChI=1S/C22H21N3O2S2/c26-29(27,18-9-5-2-6-10-18)25-15-20(22-23-11-12-28-22)19-13-17(14-24-21(19)25)16-7-3-1-4-8-16/h2,5-6,9-16H,1,3-4,7-8H2. The van der Waals surface area contributed by atoms with Gasteiger partial charge in [-0.1, -0.05) is 37.5 Å². The number of hydrogen-bond donors (Lipinski definition) is 0. The van der Waals surface area contributed by atoms with Gasteiger partial charge < -0.3 is 0 Å². The zero-order valence-electron chi connectivity index (χ0n) is 15.9. The van der Waals surface area contributed by atoms with Crippen molar-refractivity contribution < 1.29 is 8.42 Å². The molecule has 29 heavy (non-hydrogen) atoms. The van der Waals surface area contributed by atoms with Crippen molar-refractivity contribution in [3.8, 4) is 10.6 Å². The predicted octanol–water partition coefficient (Wildman–Crippen LogP) is 5.44. The molecule has 5 rings (SSSR count). The number of aromatic nitrogens is 3. The molecule has 1 aliphatic carbocycles. The molecule has 0 atom stereocenters. The van der Waals surface area contributed by atoms with Crippen LogP contribution in [0.25, 0.3) is 21.6 Å². The Kier molecular flexibility index (Phi) is 4.72. The van der Waals surface area contributed by atoms with Crippen molar-refractivity contribution >= 4 is 32.4 Å². The lowest BCUT2D eigenvalue weighted by Crippen LogP contribution is -2.12. The average molecular weight is 424 g/mol. The first-order valence-corrected chi connectivity index (χ1v) is 12.2. The number of fused-ring (bicyclic) bond motifs is 1. The number of pyridine rings is 1. The van der Waals surface area contributed by atoms with Gasteiger partial charge in [0, 0.05) is 34.9 Å². The highest BCUT2D eigenvalue weighted by molar-refractivity contribution is 7.90. The summed E-state index contributed by atoms with van der Waals surface area (Å²) in [5.41, 5.74) is 2.48. The predicted molar refractivity (Wildman–Crippen MR) is 116 cm³/mol. The molecule has 4 aromatic rings. The van der Waals surface area contributed by atoms with Gasteiger partial charge in [-0.25, -0.2) is 22.4 Å². The molecule has 3 aromatic heterocycles. The summed E-state index contributed by atoms with van der Waals surface area (Å²) in [6, 6.07) is 10.6. The minimum Gasteiger partial charge on any atom is -0.244 e. The van der Waals surface area contributed by atoms with Gasteiger partial charge in [-0.2, -0.15) is 0 Å². The highest BCUT2D eigenvalue weighted by Gasteiger charge is 2.25. The molecule has 0 aliphatic heterocycles. The summed E-state index contributed by atoms with van der Waals surface area (Å²) in [4.78, 5) is 9.32. The van der Waals surface area contributed by atoms with Crippen molar-refractivity contribution in [1.82, 2.24) is 13.9 Å². The SMILES string of the molecule is O=S(=O)(c1ccccc1)n1cc(-c2nccs2)c2cc(C3CCCCC3)cnc21. The number of hydrogen-bond acceptors (Lipinski definition) is 5. The van der Waals surface area contributed by atoms with Gasteiger partial charge in [0.15, 0.2) is 5.65 Å². The summed E-state index contributed by atoms with van der Waals surface area (Å²) >= 11 is 1.51. The molecular weight excluding hydrogens is 402 g/mol. The molecule has 7 heteroatoms. The summed E-state index contributed by atoms with van der Waals surface area (Å²) in [6.07, 6.45) is 11.4. The number of benzene rings is 1. The fourth-order valence-electron chi connectivity index (χ4n) is 4.17. The summed E-state index contributed by atoms with van der Waals surface area (Å²) < 4.78 is 28.0. The quantitative estimate of drug-likeness (QED) is 0.438. The molecule has 0 unspecified atom stereocenters. The maximum atomic E-state index is 13.3. The van der Waals surface area contributed by atoms with Crippen LogP contribution >= 0.6 is 11.3 Å². The van der Waals surface area contributed by atoms with E-state index in [4.69, 9.17) is 0 Å². The topological polar surface area (TPSA) is 64.8 Å². The number of nitrogens with zero attached hydrogens (tertiary/aromatic N) is 3. The summed E-state index contributed by atoms with van der Waals surface area (Å²) in [7, 11) is -3.74. The van der Waals surface area contributed by atoms with Gasteiger partial charge in [-0.15, -0.1) is 11.3 Å². The van der Waals surface area contributed by atoms with Gasteiger partial charge in [-0.05, 0) is 42.5 Å². The van der Waals surface area contributed by atoms with Gasteiger partial charge >= 0.3 is 0 Å². The zero-order chi connectivity index (χ0) is 19.8. The Morgan fingerprint density at radius 1 is 1.03 bits per heavy atom. The Balaban J connectivity index is 1.71. The second-order valence-corrected chi connectivity index (χ2v) is 10.2. The van der Waals surface area contributed by atoms with Crippen LogP contribution in [0.3, 0.4) is 0 Å². The van der Waals surface area contributed by atoms with Gasteiger partial charge in [0.25, 0.3) is 10.0 Å². The first-order valence-electron chi connectivity index (χ1n) is 9.86. The molecule has 0 saturated heterocycles. The smallest absolute Gasteiger partial charge is 0.244 e. The lowest BCUT2D eigenvalue weighted by molar-refractivity contribution is 0.443. The maximum Gasteiger partial charge on any atom is 0.269 e. The Morgan fingerprint density at radius 2 is 1.83 bits per heavy atom. The van der Waals surface area contributed by atoms with Crippen LogP contribution in [0.4, 0.5) is 0 Å². The number of rotatable bonds is 4. The van der Waals surface area contributed by atoms with Crippen LogP contribution in [-0.2, 0) is 10.0 Å². The molecule has 1 saturated carbocycles. The molecule has 0 spiro atoms. The third kappa shape index (κ3) is 3.28. The van der Waals surface area contributed by atoms with Crippen LogP contribution in [0.1, 0.15) is 43.6 Å². The van der Waals surface area contributed by atoms with Crippen molar-refractivity contribution in [1.29, 1.82) is 0 Å². The van der Waals surface area contributed by atoms with Crippen LogP contribution in [0.5, 0.6) is 0 Å². The average Bonchev–Trinajstić information content (AvgIpc) is 3.42. The van der Waals surface area contributed by atoms with Gasteiger partial charge in [0.1, 0.15) is 5.01 Å². The van der Waals surface area contributed by atoms with E-state index in [1.807, 2.05) is 17.6 Å². The van der Waals surface area contributed by atoms with Crippen LogP contribution in [-0.4, -0.2) is 22.4 Å². The van der Waals surface area contributed by atoms with Crippen molar-refractivity contribution in [2.24, 2.45) is 0 Å². The largest absolute Gasteiger partial charge is 0.269 e. The second kappa shape index (κ2) is 7.39. The Hall–Kier alpha value is -2.51. The summed E-state index contributed by atoms with van der Waals surface area (Å²) in [6.45, 7) is 0. The lowest BCUT2D eigenvalue weighted by Gasteiger charge is -2.21. The van der Waals surface area contributed by atoms with Crippen molar-refractivity contribution in [2.75, 3.05) is 0 Å². The van der Waals surface area contributed by atoms with Crippen molar-refractivity contribution in [3.63, 3.8) is 0 Å². The molecule has 1 fully saturated rings. The second-order valence-electron chi connectivity index (χ2n) is 7.47. The molecule has 148 valence electrons. The minimum atomic E-state index is -3.74. The van der Waals surface area contributed by atoms with E-state index in [0.717, 1.165) is 16.0 Å². The molecule has 0 amide bonds. The minimum absolute atomic E-state index is 0.251. The first kappa shape index (κ1) is 18.5. The Bertz CT molecular complexity index is 1240. The van der Waals surface area contributed by atoms with E-state index in [1.54, 1.807) is 36.7 Å². The first-order chi connectivity index (χ1) is 14.1. The summed E-state index contributed by atoms with van der Waals surface area (Å²) in [5, 5.41) is 3.56. The van der Waals surface area contributed by atoms with Crippen molar-refractivity contribution in [3.05, 3.63) is 65.9 Å². The molecular formula is C22H21N3O2S2. The Labute approximate surface area is 174 Å². The van der Waals surface area contributed by atoms with Gasteiger partial charge in [0.05, 0.1) is 4.90 Å². The van der Waals surface area contributed by atoms with Gasteiger partial charge in [-0.3, -0.25) is 0 Å². The zero-order valence-corrected chi connectivity index (χ0v) is 17.5. The molecule has 1 aromatic carbocycles. The van der Waals surface area contributed by atoms with Crippen LogP contribution in [0, 0.1) is 0 Å². The highest BCUT2D eigenvalue weighted by Crippen LogP contribution is 2.37. The van der Waals surface area contributed by atoms with E-state index in [9.17, 15) is 8.42 Å². The van der Waals surface area contributed by atoms with E-state index in [1.165, 1.54) is 53.0 Å². The van der Waals surface area contributed by atoms with Crippen LogP contribution in [0.2, 0.25) is 0 Å². The molecule has 0 bridgehead atoms. The van der Waals surface area contributed by atoms with Crippen LogP contribution < -0.4 is 0 Å². The maximum absolute atomic E-state index is 13.3. The van der Waals surface area contributed by atoms with E-state index >= 15 is 0 Å².